The highest BCUT2D eigenvalue weighted by molar-refractivity contribution is 7.89. The molecular formula is C25H27N5O4S. The number of sulfonamides is 1. The summed E-state index contributed by atoms with van der Waals surface area (Å²) in [6, 6.07) is 12.7. The van der Waals surface area contributed by atoms with E-state index in [0.29, 0.717) is 55.2 Å². The first kappa shape index (κ1) is 24.4. The van der Waals surface area contributed by atoms with Crippen molar-refractivity contribution in [1.29, 1.82) is 5.26 Å². The summed E-state index contributed by atoms with van der Waals surface area (Å²) >= 11 is 0. The lowest BCUT2D eigenvalue weighted by Crippen LogP contribution is -2.43. The molecule has 0 saturated carbocycles. The molecule has 0 spiro atoms. The molecule has 1 fully saturated rings. The van der Waals surface area contributed by atoms with Crippen LogP contribution in [0.5, 0.6) is 0 Å². The summed E-state index contributed by atoms with van der Waals surface area (Å²) in [5.74, 6) is 0.807. The van der Waals surface area contributed by atoms with Gasteiger partial charge in [-0.15, -0.1) is 0 Å². The summed E-state index contributed by atoms with van der Waals surface area (Å²) in [5.41, 5.74) is 1.89. The van der Waals surface area contributed by atoms with Gasteiger partial charge in [0.1, 0.15) is 17.6 Å². The van der Waals surface area contributed by atoms with Gasteiger partial charge in [0.2, 0.25) is 15.9 Å². The minimum Gasteiger partial charge on any atom is -0.445 e. The number of rotatable bonds is 8. The van der Waals surface area contributed by atoms with Crippen molar-refractivity contribution in [3.8, 4) is 6.07 Å². The van der Waals surface area contributed by atoms with Crippen LogP contribution in [0.1, 0.15) is 48.1 Å². The lowest BCUT2D eigenvalue weighted by molar-refractivity contribution is -0.123. The number of carbonyl (C=O) groups excluding carboxylic acids is 1. The SMILES string of the molecule is CCc1cnc(Cc2cnc(N3CCC(C(=O)NS(=O)(=O)Cc4ccccc4)CC3)c(C#N)c2)o1. The van der Waals surface area contributed by atoms with Crippen LogP contribution in [-0.4, -0.2) is 37.4 Å². The third-order valence-corrected chi connectivity index (χ3v) is 7.20. The number of pyridine rings is 1. The Hall–Kier alpha value is -3.71. The molecule has 3 heterocycles. The molecule has 1 N–H and O–H groups in total. The van der Waals surface area contributed by atoms with Crippen LogP contribution in [0.2, 0.25) is 0 Å². The summed E-state index contributed by atoms with van der Waals surface area (Å²) in [5, 5.41) is 9.68. The van der Waals surface area contributed by atoms with Crippen molar-refractivity contribution in [2.75, 3.05) is 18.0 Å². The molecule has 35 heavy (non-hydrogen) atoms. The maximum absolute atomic E-state index is 12.6. The van der Waals surface area contributed by atoms with Gasteiger partial charge in [0.15, 0.2) is 5.89 Å². The van der Waals surface area contributed by atoms with Gasteiger partial charge in [-0.05, 0) is 30.0 Å². The molecule has 2 aromatic heterocycles. The minimum absolute atomic E-state index is 0.243. The number of piperidine rings is 1. The van der Waals surface area contributed by atoms with Crippen LogP contribution in [0.25, 0.3) is 0 Å². The van der Waals surface area contributed by atoms with Crippen LogP contribution in [0.3, 0.4) is 0 Å². The number of benzene rings is 1. The van der Waals surface area contributed by atoms with Crippen LogP contribution >= 0.6 is 0 Å². The van der Waals surface area contributed by atoms with E-state index < -0.39 is 21.8 Å². The van der Waals surface area contributed by atoms with E-state index in [1.54, 1.807) is 48.8 Å². The van der Waals surface area contributed by atoms with Gasteiger partial charge in [0.05, 0.1) is 23.9 Å². The Bertz CT molecular complexity index is 1320. The molecule has 1 aliphatic heterocycles. The van der Waals surface area contributed by atoms with Gasteiger partial charge in [-0.3, -0.25) is 9.52 Å². The molecule has 1 aliphatic rings. The normalized spacial score (nSPS) is 14.5. The molecule has 4 rings (SSSR count). The molecule has 1 amide bonds. The minimum atomic E-state index is -3.77. The van der Waals surface area contributed by atoms with Gasteiger partial charge in [0.25, 0.3) is 0 Å². The summed E-state index contributed by atoms with van der Waals surface area (Å²) in [6.07, 6.45) is 5.56. The molecule has 0 unspecified atom stereocenters. The zero-order chi connectivity index (χ0) is 24.8. The maximum Gasteiger partial charge on any atom is 0.239 e. The van der Waals surface area contributed by atoms with Gasteiger partial charge in [-0.25, -0.2) is 18.4 Å². The van der Waals surface area contributed by atoms with Crippen LogP contribution in [0.15, 0.2) is 53.2 Å². The molecule has 0 radical (unpaired) electrons. The molecule has 182 valence electrons. The largest absolute Gasteiger partial charge is 0.445 e. The third-order valence-electron chi connectivity index (χ3n) is 5.97. The van der Waals surface area contributed by atoms with E-state index >= 15 is 0 Å². The van der Waals surface area contributed by atoms with Crippen molar-refractivity contribution < 1.29 is 17.6 Å². The average Bonchev–Trinajstić information content (AvgIpc) is 3.31. The highest BCUT2D eigenvalue weighted by Gasteiger charge is 2.29. The summed E-state index contributed by atoms with van der Waals surface area (Å²) in [7, 11) is -3.77. The molecular weight excluding hydrogens is 466 g/mol. The highest BCUT2D eigenvalue weighted by atomic mass is 32.2. The lowest BCUT2D eigenvalue weighted by Gasteiger charge is -2.32. The fourth-order valence-corrected chi connectivity index (χ4v) is 5.30. The maximum atomic E-state index is 12.6. The number of hydrogen-bond acceptors (Lipinski definition) is 8. The smallest absolute Gasteiger partial charge is 0.239 e. The number of nitrogens with zero attached hydrogens (tertiary/aromatic N) is 4. The monoisotopic (exact) mass is 493 g/mol. The van der Waals surface area contributed by atoms with Gasteiger partial charge < -0.3 is 9.32 Å². The number of carbonyl (C=O) groups is 1. The zero-order valence-electron chi connectivity index (χ0n) is 19.5. The number of anilines is 1. The van der Waals surface area contributed by atoms with E-state index in [-0.39, 0.29) is 5.75 Å². The Balaban J connectivity index is 1.35. The quantitative estimate of drug-likeness (QED) is 0.507. The third kappa shape index (κ3) is 6.25. The first-order chi connectivity index (χ1) is 16.9. The fourth-order valence-electron chi connectivity index (χ4n) is 4.12. The van der Waals surface area contributed by atoms with E-state index in [2.05, 4.69) is 20.8 Å². The zero-order valence-corrected chi connectivity index (χ0v) is 20.3. The Morgan fingerprint density at radius 2 is 1.91 bits per heavy atom. The van der Waals surface area contributed by atoms with E-state index in [9.17, 15) is 18.5 Å². The Morgan fingerprint density at radius 3 is 2.57 bits per heavy atom. The lowest BCUT2D eigenvalue weighted by atomic mass is 9.96. The van der Waals surface area contributed by atoms with Crippen LogP contribution < -0.4 is 9.62 Å². The van der Waals surface area contributed by atoms with Crippen molar-refractivity contribution in [2.45, 2.75) is 38.4 Å². The molecule has 0 bridgehead atoms. The Morgan fingerprint density at radius 1 is 1.17 bits per heavy atom. The summed E-state index contributed by atoms with van der Waals surface area (Å²) in [6.45, 7) is 2.99. The van der Waals surface area contributed by atoms with Gasteiger partial charge in [-0.2, -0.15) is 5.26 Å². The van der Waals surface area contributed by atoms with Crippen molar-refractivity contribution in [3.63, 3.8) is 0 Å². The number of amides is 1. The standard InChI is InChI=1S/C25H27N5O4S/c1-2-22-16-27-23(34-22)13-19-12-21(14-26)24(28-15-19)30-10-8-20(9-11-30)25(31)29-35(32,33)17-18-6-4-3-5-7-18/h3-7,12,15-16,20H,2,8-11,13,17H2,1H3,(H,29,31). The molecule has 9 nitrogen and oxygen atoms in total. The van der Waals surface area contributed by atoms with E-state index in [1.807, 2.05) is 11.8 Å². The van der Waals surface area contributed by atoms with Gasteiger partial charge in [0, 0.05) is 31.6 Å². The van der Waals surface area contributed by atoms with Crippen molar-refractivity contribution in [2.24, 2.45) is 5.92 Å². The second-order valence-electron chi connectivity index (χ2n) is 8.55. The van der Waals surface area contributed by atoms with E-state index in [4.69, 9.17) is 4.42 Å². The number of aromatic nitrogens is 2. The second kappa shape index (κ2) is 10.7. The molecule has 0 aliphatic carbocycles. The Kier molecular flexibility index (Phi) is 7.46. The molecule has 1 saturated heterocycles. The predicted molar refractivity (Wildman–Crippen MR) is 130 cm³/mol. The molecule has 1 aromatic carbocycles. The highest BCUT2D eigenvalue weighted by Crippen LogP contribution is 2.26. The van der Waals surface area contributed by atoms with Gasteiger partial charge >= 0.3 is 0 Å². The summed E-state index contributed by atoms with van der Waals surface area (Å²) < 4.78 is 32.7. The van der Waals surface area contributed by atoms with Crippen molar-refractivity contribution in [3.05, 3.63) is 77.1 Å². The van der Waals surface area contributed by atoms with Crippen molar-refractivity contribution >= 4 is 21.7 Å². The van der Waals surface area contributed by atoms with Crippen molar-refractivity contribution in [1.82, 2.24) is 14.7 Å². The number of aryl methyl sites for hydroxylation is 1. The average molecular weight is 494 g/mol. The Labute approximate surface area is 204 Å². The molecule has 0 atom stereocenters. The number of hydrogen-bond donors (Lipinski definition) is 1. The topological polar surface area (TPSA) is 129 Å². The number of nitriles is 1. The van der Waals surface area contributed by atoms with Crippen LogP contribution in [-0.2, 0) is 33.4 Å². The fraction of sp³-hybridized carbons (Fsp3) is 0.360. The molecule has 10 heteroatoms. The number of nitrogens with one attached hydrogen (secondary N) is 1. The van der Waals surface area contributed by atoms with Gasteiger partial charge in [-0.1, -0.05) is 37.3 Å². The second-order valence-corrected chi connectivity index (χ2v) is 10.3. The van der Waals surface area contributed by atoms with E-state index in [1.165, 1.54) is 0 Å². The van der Waals surface area contributed by atoms with Crippen LogP contribution in [0.4, 0.5) is 5.82 Å². The summed E-state index contributed by atoms with van der Waals surface area (Å²) in [4.78, 5) is 23.3. The molecule has 3 aromatic rings. The van der Waals surface area contributed by atoms with Crippen LogP contribution in [0, 0.1) is 17.2 Å². The first-order valence-corrected chi connectivity index (χ1v) is 13.2. The van der Waals surface area contributed by atoms with E-state index in [0.717, 1.165) is 17.7 Å². The first-order valence-electron chi connectivity index (χ1n) is 11.5. The predicted octanol–water partition coefficient (Wildman–Crippen LogP) is 2.96. The number of oxazole rings is 1.